The summed E-state index contributed by atoms with van der Waals surface area (Å²) in [5, 5.41) is 3.39. The van der Waals surface area contributed by atoms with Crippen LogP contribution in [0.2, 0.25) is 0 Å². The molecule has 0 amide bonds. The normalized spacial score (nSPS) is 18.6. The van der Waals surface area contributed by atoms with Crippen molar-refractivity contribution in [3.05, 3.63) is 17.6 Å². The van der Waals surface area contributed by atoms with Gasteiger partial charge in [-0.2, -0.15) is 0 Å². The Morgan fingerprint density at radius 2 is 2.00 bits per heavy atom. The Balaban J connectivity index is 1.98. The van der Waals surface area contributed by atoms with Gasteiger partial charge in [0.25, 0.3) is 0 Å². The molecule has 1 aromatic rings. The summed E-state index contributed by atoms with van der Waals surface area (Å²) in [4.78, 5) is 8.80. The molecule has 1 heterocycles. The van der Waals surface area contributed by atoms with Gasteiger partial charge in [-0.1, -0.05) is 26.2 Å². The van der Waals surface area contributed by atoms with E-state index in [1.165, 1.54) is 19.3 Å². The Kier molecular flexibility index (Phi) is 4.17. The Morgan fingerprint density at radius 1 is 1.28 bits per heavy atom. The third kappa shape index (κ3) is 3.42. The monoisotopic (exact) mass is 248 g/mol. The quantitative estimate of drug-likeness (QED) is 0.859. The van der Waals surface area contributed by atoms with Crippen LogP contribution in [0.4, 0.5) is 5.82 Å². The van der Waals surface area contributed by atoms with Crippen LogP contribution in [0.5, 0.6) is 0 Å². The second-order valence-corrected chi connectivity index (χ2v) is 5.42. The minimum atomic E-state index is -0.0521. The van der Waals surface area contributed by atoms with Gasteiger partial charge in [0.2, 0.25) is 0 Å². The summed E-state index contributed by atoms with van der Waals surface area (Å²) in [5.41, 5.74) is 7.44. The Hall–Kier alpha value is -1.16. The van der Waals surface area contributed by atoms with Crippen LogP contribution in [0.15, 0.2) is 6.07 Å². The number of nitrogens with zero attached hydrogens (tertiary/aromatic N) is 2. The van der Waals surface area contributed by atoms with Crippen LogP contribution in [-0.4, -0.2) is 22.1 Å². The number of aryl methyl sites for hydroxylation is 2. The fourth-order valence-corrected chi connectivity index (χ4v) is 2.60. The van der Waals surface area contributed by atoms with Gasteiger partial charge in [0.05, 0.1) is 0 Å². The van der Waals surface area contributed by atoms with E-state index in [1.54, 1.807) is 0 Å². The second-order valence-electron chi connectivity index (χ2n) is 5.42. The number of rotatable bonds is 4. The maximum absolute atomic E-state index is 6.41. The van der Waals surface area contributed by atoms with Crippen molar-refractivity contribution in [1.82, 2.24) is 9.97 Å². The maximum atomic E-state index is 6.41. The van der Waals surface area contributed by atoms with Crippen molar-refractivity contribution in [1.29, 1.82) is 0 Å². The standard InChI is InChI=1S/C14H24N4/c1-3-12-9-13(18-11(2)17-12)16-10-14(15)7-5-4-6-8-14/h9H,3-8,10,15H2,1-2H3,(H,16,17,18). The molecule has 18 heavy (non-hydrogen) atoms. The van der Waals surface area contributed by atoms with Crippen molar-refractivity contribution < 1.29 is 0 Å². The van der Waals surface area contributed by atoms with E-state index in [9.17, 15) is 0 Å². The lowest BCUT2D eigenvalue weighted by molar-refractivity contribution is 0.311. The van der Waals surface area contributed by atoms with Crippen molar-refractivity contribution in [2.45, 2.75) is 57.9 Å². The molecule has 0 aliphatic heterocycles. The fraction of sp³-hybridized carbons (Fsp3) is 0.714. The van der Waals surface area contributed by atoms with Gasteiger partial charge < -0.3 is 11.1 Å². The summed E-state index contributed by atoms with van der Waals surface area (Å²) in [6.45, 7) is 4.85. The second kappa shape index (κ2) is 5.65. The van der Waals surface area contributed by atoms with E-state index in [4.69, 9.17) is 5.73 Å². The van der Waals surface area contributed by atoms with Crippen molar-refractivity contribution >= 4 is 5.82 Å². The lowest BCUT2D eigenvalue weighted by atomic mass is 9.82. The molecule has 0 atom stereocenters. The van der Waals surface area contributed by atoms with E-state index in [0.717, 1.165) is 43.1 Å². The summed E-state index contributed by atoms with van der Waals surface area (Å²) in [6.07, 6.45) is 7.00. The average Bonchev–Trinajstić information content (AvgIpc) is 2.37. The van der Waals surface area contributed by atoms with Crippen molar-refractivity contribution in [3.63, 3.8) is 0 Å². The largest absolute Gasteiger partial charge is 0.368 e. The lowest BCUT2D eigenvalue weighted by Crippen LogP contribution is -2.47. The van der Waals surface area contributed by atoms with Crippen LogP contribution in [0, 0.1) is 6.92 Å². The summed E-state index contributed by atoms with van der Waals surface area (Å²) < 4.78 is 0. The minimum absolute atomic E-state index is 0.0521. The highest BCUT2D eigenvalue weighted by Crippen LogP contribution is 2.26. The predicted molar refractivity (Wildman–Crippen MR) is 74.6 cm³/mol. The first-order chi connectivity index (χ1) is 8.61. The predicted octanol–water partition coefficient (Wildman–Crippen LogP) is 2.42. The molecule has 1 saturated carbocycles. The Morgan fingerprint density at radius 3 is 2.67 bits per heavy atom. The van der Waals surface area contributed by atoms with Crippen molar-refractivity contribution in [2.24, 2.45) is 5.73 Å². The highest BCUT2D eigenvalue weighted by atomic mass is 15.0. The fourth-order valence-electron chi connectivity index (χ4n) is 2.60. The van der Waals surface area contributed by atoms with Crippen LogP contribution in [-0.2, 0) is 6.42 Å². The van der Waals surface area contributed by atoms with Crippen LogP contribution in [0.25, 0.3) is 0 Å². The van der Waals surface area contributed by atoms with E-state index < -0.39 is 0 Å². The molecule has 0 radical (unpaired) electrons. The molecule has 4 heteroatoms. The first-order valence-electron chi connectivity index (χ1n) is 6.99. The molecular formula is C14H24N4. The average molecular weight is 248 g/mol. The lowest BCUT2D eigenvalue weighted by Gasteiger charge is -2.33. The number of anilines is 1. The third-order valence-electron chi connectivity index (χ3n) is 3.72. The summed E-state index contributed by atoms with van der Waals surface area (Å²) in [7, 11) is 0. The highest BCUT2D eigenvalue weighted by molar-refractivity contribution is 5.36. The van der Waals surface area contributed by atoms with Gasteiger partial charge in [0.15, 0.2) is 0 Å². The van der Waals surface area contributed by atoms with Crippen LogP contribution < -0.4 is 11.1 Å². The summed E-state index contributed by atoms with van der Waals surface area (Å²) >= 11 is 0. The zero-order chi connectivity index (χ0) is 13.0. The van der Waals surface area contributed by atoms with E-state index >= 15 is 0 Å². The number of nitrogens with two attached hydrogens (primary N) is 1. The first kappa shape index (κ1) is 13.3. The summed E-state index contributed by atoms with van der Waals surface area (Å²) in [6, 6.07) is 2.03. The Labute approximate surface area is 109 Å². The molecular weight excluding hydrogens is 224 g/mol. The highest BCUT2D eigenvalue weighted by Gasteiger charge is 2.27. The molecule has 4 nitrogen and oxygen atoms in total. The number of hydrogen-bond donors (Lipinski definition) is 2. The van der Waals surface area contributed by atoms with Crippen molar-refractivity contribution in [3.8, 4) is 0 Å². The van der Waals surface area contributed by atoms with Crippen LogP contribution in [0.1, 0.15) is 50.5 Å². The minimum Gasteiger partial charge on any atom is -0.368 e. The Bertz CT molecular complexity index is 397. The zero-order valence-electron chi connectivity index (χ0n) is 11.5. The van der Waals surface area contributed by atoms with E-state index in [2.05, 4.69) is 22.2 Å². The molecule has 100 valence electrons. The van der Waals surface area contributed by atoms with Gasteiger partial charge >= 0.3 is 0 Å². The molecule has 3 N–H and O–H groups in total. The third-order valence-corrected chi connectivity index (χ3v) is 3.72. The molecule has 1 aromatic heterocycles. The van der Waals surface area contributed by atoms with Gasteiger partial charge in [0, 0.05) is 23.8 Å². The maximum Gasteiger partial charge on any atom is 0.129 e. The molecule has 0 unspecified atom stereocenters. The molecule has 0 bridgehead atoms. The van der Waals surface area contributed by atoms with Gasteiger partial charge in [-0.15, -0.1) is 0 Å². The van der Waals surface area contributed by atoms with Gasteiger partial charge in [-0.05, 0) is 26.2 Å². The molecule has 0 spiro atoms. The van der Waals surface area contributed by atoms with Gasteiger partial charge in [0.1, 0.15) is 11.6 Å². The van der Waals surface area contributed by atoms with Gasteiger partial charge in [-0.3, -0.25) is 0 Å². The molecule has 0 saturated heterocycles. The van der Waals surface area contributed by atoms with E-state index in [0.29, 0.717) is 0 Å². The zero-order valence-corrected chi connectivity index (χ0v) is 11.5. The number of hydrogen-bond acceptors (Lipinski definition) is 4. The smallest absolute Gasteiger partial charge is 0.129 e. The van der Waals surface area contributed by atoms with Crippen LogP contribution >= 0.6 is 0 Å². The molecule has 0 aromatic carbocycles. The molecule has 2 rings (SSSR count). The van der Waals surface area contributed by atoms with Crippen molar-refractivity contribution in [2.75, 3.05) is 11.9 Å². The topological polar surface area (TPSA) is 63.8 Å². The molecule has 1 fully saturated rings. The summed E-state index contributed by atoms with van der Waals surface area (Å²) in [5.74, 6) is 1.74. The number of nitrogens with one attached hydrogen (secondary N) is 1. The SMILES string of the molecule is CCc1cc(NCC2(N)CCCCC2)nc(C)n1. The molecule has 1 aliphatic carbocycles. The number of aromatic nitrogens is 2. The van der Waals surface area contributed by atoms with Gasteiger partial charge in [-0.25, -0.2) is 9.97 Å². The van der Waals surface area contributed by atoms with Crippen LogP contribution in [0.3, 0.4) is 0 Å². The molecule has 1 aliphatic rings. The van der Waals surface area contributed by atoms with E-state index in [1.807, 2.05) is 13.0 Å². The van der Waals surface area contributed by atoms with E-state index in [-0.39, 0.29) is 5.54 Å². The first-order valence-corrected chi connectivity index (χ1v) is 6.99.